The van der Waals surface area contributed by atoms with Crippen molar-refractivity contribution in [2.75, 3.05) is 0 Å². The average Bonchev–Trinajstić information content (AvgIpc) is 3.57. The number of aryl methyl sites for hydroxylation is 1. The molecule has 0 atom stereocenters. The van der Waals surface area contributed by atoms with Crippen molar-refractivity contribution < 1.29 is 0 Å². The molecular weight excluding hydrogens is 629 g/mol. The highest BCUT2D eigenvalue weighted by Crippen LogP contribution is 2.45. The van der Waals surface area contributed by atoms with Gasteiger partial charge in [0.2, 0.25) is 0 Å². The zero-order valence-electron chi connectivity index (χ0n) is 29.1. The molecule has 0 spiro atoms. The van der Waals surface area contributed by atoms with Crippen molar-refractivity contribution in [2.45, 2.75) is 19.8 Å². The Labute approximate surface area is 303 Å². The molecule has 0 radical (unpaired) electrons. The summed E-state index contributed by atoms with van der Waals surface area (Å²) in [5.74, 6) is 1.11. The Morgan fingerprint density at radius 3 is 1.60 bits per heavy atom. The van der Waals surface area contributed by atoms with Crippen LogP contribution in [-0.2, 0) is 6.42 Å². The smallest absolute Gasteiger partial charge is 0.114 e. The van der Waals surface area contributed by atoms with Crippen LogP contribution in [0.4, 0.5) is 0 Å². The van der Waals surface area contributed by atoms with Gasteiger partial charge in [-0.05, 0) is 125 Å². The van der Waals surface area contributed by atoms with Gasteiger partial charge in [0, 0.05) is 12.1 Å². The second kappa shape index (κ2) is 12.4. The molecule has 0 unspecified atom stereocenters. The highest BCUT2D eigenvalue weighted by Gasteiger charge is 2.19. The minimum atomic E-state index is 0.937. The van der Waals surface area contributed by atoms with E-state index in [4.69, 9.17) is 4.98 Å². The molecule has 10 aromatic rings. The SMILES string of the molecule is CCCc1nc2ccccc2n1-c1ccc(-c2ccc3c(-c4ccc5ccccc5c4)c4ccccc4c(-c4ccc5ccccc5c4)c3c2)cc1. The average molecular weight is 665 g/mol. The van der Waals surface area contributed by atoms with Gasteiger partial charge in [-0.25, -0.2) is 4.98 Å². The normalized spacial score (nSPS) is 11.7. The van der Waals surface area contributed by atoms with Crippen molar-refractivity contribution in [3.63, 3.8) is 0 Å². The zero-order chi connectivity index (χ0) is 34.6. The summed E-state index contributed by atoms with van der Waals surface area (Å²) >= 11 is 0. The van der Waals surface area contributed by atoms with Gasteiger partial charge in [0.05, 0.1) is 11.0 Å². The summed E-state index contributed by atoms with van der Waals surface area (Å²) in [4.78, 5) is 4.99. The van der Waals surface area contributed by atoms with E-state index in [9.17, 15) is 0 Å². The lowest BCUT2D eigenvalue weighted by Crippen LogP contribution is -2.01. The lowest BCUT2D eigenvalue weighted by Gasteiger charge is -2.19. The summed E-state index contributed by atoms with van der Waals surface area (Å²) in [6.45, 7) is 2.22. The number of para-hydroxylation sites is 2. The Kier molecular flexibility index (Phi) is 7.21. The predicted octanol–water partition coefficient (Wildman–Crippen LogP) is 13.6. The Bertz CT molecular complexity index is 2970. The van der Waals surface area contributed by atoms with Gasteiger partial charge in [-0.3, -0.25) is 4.57 Å². The van der Waals surface area contributed by atoms with Crippen molar-refractivity contribution in [2.24, 2.45) is 0 Å². The zero-order valence-corrected chi connectivity index (χ0v) is 29.1. The third-order valence-corrected chi connectivity index (χ3v) is 10.7. The minimum Gasteiger partial charge on any atom is -0.296 e. The van der Waals surface area contributed by atoms with Gasteiger partial charge in [-0.1, -0.05) is 140 Å². The summed E-state index contributed by atoms with van der Waals surface area (Å²) < 4.78 is 2.32. The maximum Gasteiger partial charge on any atom is 0.114 e. The van der Waals surface area contributed by atoms with Crippen molar-refractivity contribution >= 4 is 54.1 Å². The first-order valence-corrected chi connectivity index (χ1v) is 18.3. The van der Waals surface area contributed by atoms with Gasteiger partial charge in [-0.15, -0.1) is 0 Å². The van der Waals surface area contributed by atoms with E-state index in [0.29, 0.717) is 0 Å². The van der Waals surface area contributed by atoms with Crippen LogP contribution in [-0.4, -0.2) is 9.55 Å². The standard InChI is InChI=1S/C50H36N2/c1-2-11-48-51-46-18-9-10-19-47(46)52(48)41-27-24-35(25-28-41)38-26-29-44-45(32-38)50(40-23-21-34-13-4-6-15-37(34)31-40)43-17-8-7-16-42(43)49(44)39-22-20-33-12-3-5-14-36(33)30-39/h3-10,12-32H,2,11H2,1H3. The van der Waals surface area contributed by atoms with E-state index in [1.165, 1.54) is 76.5 Å². The molecule has 0 bridgehead atoms. The largest absolute Gasteiger partial charge is 0.296 e. The summed E-state index contributed by atoms with van der Waals surface area (Å²) in [6.07, 6.45) is 1.99. The number of hydrogen-bond donors (Lipinski definition) is 0. The van der Waals surface area contributed by atoms with Crippen LogP contribution in [0, 0.1) is 0 Å². The van der Waals surface area contributed by atoms with E-state index in [2.05, 4.69) is 187 Å². The molecule has 0 saturated heterocycles. The van der Waals surface area contributed by atoms with Gasteiger partial charge < -0.3 is 0 Å². The molecule has 9 aromatic carbocycles. The van der Waals surface area contributed by atoms with Crippen LogP contribution in [0.1, 0.15) is 19.2 Å². The number of fused-ring (bicyclic) bond motifs is 5. The molecule has 0 aliphatic heterocycles. The van der Waals surface area contributed by atoms with Crippen molar-refractivity contribution in [3.05, 3.63) is 182 Å². The Balaban J connectivity index is 1.20. The third-order valence-electron chi connectivity index (χ3n) is 10.7. The number of aromatic nitrogens is 2. The van der Waals surface area contributed by atoms with E-state index in [0.717, 1.165) is 35.4 Å². The van der Waals surface area contributed by atoms with Crippen LogP contribution in [0.5, 0.6) is 0 Å². The van der Waals surface area contributed by atoms with Crippen LogP contribution >= 0.6 is 0 Å². The first kappa shape index (κ1) is 30.3. The fraction of sp³-hybridized carbons (Fsp3) is 0.0600. The number of imidazole rings is 1. The number of rotatable bonds is 6. The van der Waals surface area contributed by atoms with Gasteiger partial charge >= 0.3 is 0 Å². The van der Waals surface area contributed by atoms with Crippen molar-refractivity contribution in [3.8, 4) is 39.1 Å². The molecular formula is C50H36N2. The van der Waals surface area contributed by atoms with E-state index in [-0.39, 0.29) is 0 Å². The first-order valence-electron chi connectivity index (χ1n) is 18.3. The fourth-order valence-electron chi connectivity index (χ4n) is 8.23. The van der Waals surface area contributed by atoms with E-state index < -0.39 is 0 Å². The summed E-state index contributed by atoms with van der Waals surface area (Å²) in [5, 5.41) is 10.0. The van der Waals surface area contributed by atoms with Gasteiger partial charge in [0.25, 0.3) is 0 Å². The molecule has 10 rings (SSSR count). The first-order chi connectivity index (χ1) is 25.7. The van der Waals surface area contributed by atoms with Crippen LogP contribution in [0.3, 0.4) is 0 Å². The fourth-order valence-corrected chi connectivity index (χ4v) is 8.23. The summed E-state index contributed by atoms with van der Waals surface area (Å²) in [5.41, 5.74) is 10.7. The summed E-state index contributed by atoms with van der Waals surface area (Å²) in [7, 11) is 0. The Morgan fingerprint density at radius 1 is 0.423 bits per heavy atom. The molecule has 1 heterocycles. The maximum atomic E-state index is 4.99. The second-order valence-electron chi connectivity index (χ2n) is 13.8. The van der Waals surface area contributed by atoms with Gasteiger partial charge in [-0.2, -0.15) is 0 Å². The van der Waals surface area contributed by atoms with Gasteiger partial charge in [0.15, 0.2) is 0 Å². The molecule has 0 saturated carbocycles. The lowest BCUT2D eigenvalue weighted by atomic mass is 9.84. The molecule has 2 nitrogen and oxygen atoms in total. The summed E-state index contributed by atoms with van der Waals surface area (Å²) in [6, 6.07) is 64.6. The minimum absolute atomic E-state index is 0.937. The molecule has 0 aliphatic carbocycles. The third kappa shape index (κ3) is 4.99. The highest BCUT2D eigenvalue weighted by molar-refractivity contribution is 6.22. The van der Waals surface area contributed by atoms with Crippen LogP contribution in [0.2, 0.25) is 0 Å². The number of hydrogen-bond acceptors (Lipinski definition) is 1. The molecule has 52 heavy (non-hydrogen) atoms. The van der Waals surface area contributed by atoms with Crippen molar-refractivity contribution in [1.82, 2.24) is 9.55 Å². The Morgan fingerprint density at radius 2 is 0.942 bits per heavy atom. The van der Waals surface area contributed by atoms with E-state index in [1.807, 2.05) is 0 Å². The number of nitrogens with zero attached hydrogens (tertiary/aromatic N) is 2. The quantitative estimate of drug-likeness (QED) is 0.162. The van der Waals surface area contributed by atoms with E-state index >= 15 is 0 Å². The maximum absolute atomic E-state index is 4.99. The Hall–Kier alpha value is -6.51. The van der Waals surface area contributed by atoms with E-state index in [1.54, 1.807) is 0 Å². The monoisotopic (exact) mass is 664 g/mol. The molecule has 0 fully saturated rings. The molecule has 246 valence electrons. The number of benzene rings is 9. The van der Waals surface area contributed by atoms with Crippen LogP contribution in [0.25, 0.3) is 93.2 Å². The molecule has 1 aromatic heterocycles. The molecule has 2 heteroatoms. The highest BCUT2D eigenvalue weighted by atomic mass is 15.1. The van der Waals surface area contributed by atoms with Crippen LogP contribution in [0.15, 0.2) is 176 Å². The van der Waals surface area contributed by atoms with Gasteiger partial charge in [0.1, 0.15) is 5.82 Å². The van der Waals surface area contributed by atoms with Crippen LogP contribution < -0.4 is 0 Å². The predicted molar refractivity (Wildman–Crippen MR) is 221 cm³/mol. The second-order valence-corrected chi connectivity index (χ2v) is 13.8. The molecule has 0 N–H and O–H groups in total. The van der Waals surface area contributed by atoms with Crippen molar-refractivity contribution in [1.29, 1.82) is 0 Å². The molecule has 0 amide bonds. The topological polar surface area (TPSA) is 17.8 Å². The lowest BCUT2D eigenvalue weighted by molar-refractivity contribution is 0.818. The molecule has 0 aliphatic rings.